The summed E-state index contributed by atoms with van der Waals surface area (Å²) in [5.41, 5.74) is 1.06. The normalized spacial score (nSPS) is 19.1. The summed E-state index contributed by atoms with van der Waals surface area (Å²) in [6.07, 6.45) is 6.98. The van der Waals surface area contributed by atoms with Gasteiger partial charge in [-0.2, -0.15) is 5.10 Å². The lowest BCUT2D eigenvalue weighted by molar-refractivity contribution is 0.191. The molecule has 1 heterocycles. The smallest absolute Gasteiger partial charge is 0.0762 e. The summed E-state index contributed by atoms with van der Waals surface area (Å²) in [4.78, 5) is 0. The monoisotopic (exact) mass is 223 g/mol. The van der Waals surface area contributed by atoms with E-state index in [2.05, 4.69) is 27.4 Å². The van der Waals surface area contributed by atoms with Gasteiger partial charge in [0.05, 0.1) is 17.8 Å². The van der Waals surface area contributed by atoms with E-state index in [1.54, 1.807) is 6.92 Å². The maximum absolute atomic E-state index is 9.12. The molecule has 1 aliphatic rings. The summed E-state index contributed by atoms with van der Waals surface area (Å²) in [6.45, 7) is 3.14. The van der Waals surface area contributed by atoms with E-state index in [4.69, 9.17) is 5.11 Å². The molecule has 1 unspecified atom stereocenters. The standard InChI is InChI=1S/C12H21N3O/c1-10(16)8-13-9-11-6-7-15(14-11)12-4-2-3-5-12/h6-7,10,12-13,16H,2-5,8-9H2,1H3. The van der Waals surface area contributed by atoms with Crippen molar-refractivity contribution in [1.82, 2.24) is 15.1 Å². The van der Waals surface area contributed by atoms with Crippen LogP contribution >= 0.6 is 0 Å². The van der Waals surface area contributed by atoms with Crippen LogP contribution in [0.5, 0.6) is 0 Å². The molecular formula is C12H21N3O. The molecule has 4 nitrogen and oxygen atoms in total. The van der Waals surface area contributed by atoms with Crippen LogP contribution in [0.4, 0.5) is 0 Å². The van der Waals surface area contributed by atoms with Crippen molar-refractivity contribution in [2.75, 3.05) is 6.54 Å². The Morgan fingerprint density at radius 3 is 3.00 bits per heavy atom. The van der Waals surface area contributed by atoms with Crippen molar-refractivity contribution in [3.8, 4) is 0 Å². The minimum atomic E-state index is -0.295. The molecule has 0 saturated heterocycles. The first kappa shape index (κ1) is 11.6. The van der Waals surface area contributed by atoms with Crippen molar-refractivity contribution < 1.29 is 5.11 Å². The van der Waals surface area contributed by atoms with Gasteiger partial charge in [-0.3, -0.25) is 4.68 Å². The highest BCUT2D eigenvalue weighted by Gasteiger charge is 2.17. The third kappa shape index (κ3) is 3.06. The van der Waals surface area contributed by atoms with Crippen LogP contribution in [0.15, 0.2) is 12.3 Å². The number of hydrogen-bond donors (Lipinski definition) is 2. The van der Waals surface area contributed by atoms with E-state index in [1.807, 2.05) is 0 Å². The quantitative estimate of drug-likeness (QED) is 0.794. The van der Waals surface area contributed by atoms with Crippen LogP contribution in [0.25, 0.3) is 0 Å². The first-order valence-corrected chi connectivity index (χ1v) is 6.18. The molecule has 1 aromatic heterocycles. The molecule has 1 saturated carbocycles. The van der Waals surface area contributed by atoms with Crippen LogP contribution in [0.1, 0.15) is 44.3 Å². The van der Waals surface area contributed by atoms with Crippen LogP contribution in [0, 0.1) is 0 Å². The molecule has 1 aromatic rings. The van der Waals surface area contributed by atoms with E-state index in [-0.39, 0.29) is 6.10 Å². The Kier molecular flexibility index (Phi) is 3.96. The zero-order valence-corrected chi connectivity index (χ0v) is 9.89. The molecule has 0 amide bonds. The van der Waals surface area contributed by atoms with Crippen molar-refractivity contribution in [2.45, 2.75) is 51.3 Å². The lowest BCUT2D eigenvalue weighted by atomic mass is 10.3. The fraction of sp³-hybridized carbons (Fsp3) is 0.750. The number of aliphatic hydroxyl groups is 1. The first-order valence-electron chi connectivity index (χ1n) is 6.18. The zero-order valence-electron chi connectivity index (χ0n) is 9.89. The van der Waals surface area contributed by atoms with Crippen molar-refractivity contribution >= 4 is 0 Å². The van der Waals surface area contributed by atoms with Crippen LogP contribution < -0.4 is 5.32 Å². The van der Waals surface area contributed by atoms with Gasteiger partial charge in [0.1, 0.15) is 0 Å². The fourth-order valence-corrected chi connectivity index (χ4v) is 2.25. The molecule has 1 aliphatic carbocycles. The van der Waals surface area contributed by atoms with E-state index < -0.39 is 0 Å². The fourth-order valence-electron chi connectivity index (χ4n) is 2.25. The predicted octanol–water partition coefficient (Wildman–Crippen LogP) is 1.47. The second kappa shape index (κ2) is 5.46. The van der Waals surface area contributed by atoms with Gasteiger partial charge < -0.3 is 10.4 Å². The highest BCUT2D eigenvalue weighted by Crippen LogP contribution is 2.28. The number of rotatable bonds is 5. The van der Waals surface area contributed by atoms with E-state index in [9.17, 15) is 0 Å². The van der Waals surface area contributed by atoms with E-state index in [0.29, 0.717) is 12.6 Å². The van der Waals surface area contributed by atoms with Gasteiger partial charge in [0.25, 0.3) is 0 Å². The Hall–Kier alpha value is -0.870. The summed E-state index contributed by atoms with van der Waals surface area (Å²) < 4.78 is 2.10. The predicted molar refractivity (Wildman–Crippen MR) is 63.1 cm³/mol. The molecule has 4 heteroatoms. The third-order valence-electron chi connectivity index (χ3n) is 3.11. The second-order valence-electron chi connectivity index (χ2n) is 4.71. The first-order chi connectivity index (χ1) is 7.75. The van der Waals surface area contributed by atoms with E-state index in [0.717, 1.165) is 12.2 Å². The number of aromatic nitrogens is 2. The van der Waals surface area contributed by atoms with Crippen molar-refractivity contribution in [3.05, 3.63) is 18.0 Å². The number of nitrogens with one attached hydrogen (secondary N) is 1. The van der Waals surface area contributed by atoms with Crippen LogP contribution in [0.3, 0.4) is 0 Å². The number of nitrogens with zero attached hydrogens (tertiary/aromatic N) is 2. The second-order valence-corrected chi connectivity index (χ2v) is 4.71. The van der Waals surface area contributed by atoms with Gasteiger partial charge in [0.15, 0.2) is 0 Å². The zero-order chi connectivity index (χ0) is 11.4. The average Bonchev–Trinajstić information content (AvgIpc) is 2.85. The Morgan fingerprint density at radius 2 is 2.31 bits per heavy atom. The summed E-state index contributed by atoms with van der Waals surface area (Å²) >= 11 is 0. The number of aliphatic hydroxyl groups excluding tert-OH is 1. The summed E-state index contributed by atoms with van der Waals surface area (Å²) in [5.74, 6) is 0. The molecule has 0 bridgehead atoms. The largest absolute Gasteiger partial charge is 0.392 e. The molecule has 0 spiro atoms. The van der Waals surface area contributed by atoms with Crippen LogP contribution in [-0.2, 0) is 6.54 Å². The molecule has 1 atom stereocenters. The third-order valence-corrected chi connectivity index (χ3v) is 3.11. The summed E-state index contributed by atoms with van der Waals surface area (Å²) in [5, 5.41) is 16.9. The molecule has 16 heavy (non-hydrogen) atoms. The maximum atomic E-state index is 9.12. The van der Waals surface area contributed by atoms with Gasteiger partial charge in [0.2, 0.25) is 0 Å². The summed E-state index contributed by atoms with van der Waals surface area (Å²) in [6, 6.07) is 2.68. The van der Waals surface area contributed by atoms with Gasteiger partial charge >= 0.3 is 0 Å². The number of hydrogen-bond acceptors (Lipinski definition) is 3. The van der Waals surface area contributed by atoms with Gasteiger partial charge in [-0.05, 0) is 25.8 Å². The topological polar surface area (TPSA) is 50.1 Å². The highest BCUT2D eigenvalue weighted by molar-refractivity contribution is 4.99. The Balaban J connectivity index is 1.82. The van der Waals surface area contributed by atoms with Crippen molar-refractivity contribution in [3.63, 3.8) is 0 Å². The van der Waals surface area contributed by atoms with Crippen LogP contribution in [0.2, 0.25) is 0 Å². The molecule has 0 aromatic carbocycles. The molecular weight excluding hydrogens is 202 g/mol. The average molecular weight is 223 g/mol. The molecule has 0 radical (unpaired) electrons. The van der Waals surface area contributed by atoms with Crippen molar-refractivity contribution in [2.24, 2.45) is 0 Å². The van der Waals surface area contributed by atoms with Gasteiger partial charge in [-0.25, -0.2) is 0 Å². The van der Waals surface area contributed by atoms with Gasteiger partial charge in [-0.15, -0.1) is 0 Å². The van der Waals surface area contributed by atoms with Gasteiger partial charge in [0, 0.05) is 19.3 Å². The molecule has 0 aliphatic heterocycles. The summed E-state index contributed by atoms with van der Waals surface area (Å²) in [7, 11) is 0. The minimum Gasteiger partial charge on any atom is -0.392 e. The lowest BCUT2D eigenvalue weighted by Crippen LogP contribution is -2.24. The molecule has 2 N–H and O–H groups in total. The maximum Gasteiger partial charge on any atom is 0.0762 e. The van der Waals surface area contributed by atoms with Gasteiger partial charge in [-0.1, -0.05) is 12.8 Å². The minimum absolute atomic E-state index is 0.295. The Morgan fingerprint density at radius 1 is 1.56 bits per heavy atom. The van der Waals surface area contributed by atoms with Crippen LogP contribution in [-0.4, -0.2) is 27.5 Å². The Labute approximate surface area is 96.7 Å². The lowest BCUT2D eigenvalue weighted by Gasteiger charge is -2.09. The van der Waals surface area contributed by atoms with Crippen molar-refractivity contribution in [1.29, 1.82) is 0 Å². The van der Waals surface area contributed by atoms with E-state index >= 15 is 0 Å². The highest BCUT2D eigenvalue weighted by atomic mass is 16.3. The van der Waals surface area contributed by atoms with E-state index in [1.165, 1.54) is 25.7 Å². The molecule has 1 fully saturated rings. The molecule has 2 rings (SSSR count). The molecule has 90 valence electrons. The Bertz CT molecular complexity index is 316. The SMILES string of the molecule is CC(O)CNCc1ccn(C2CCCC2)n1.